The molecule has 12 heteroatoms. The second kappa shape index (κ2) is 12.9. The SMILES string of the molecule is Cc1cncnc1N(Nc1cccc(N2CCN(CCO)CC2)c1)c1ccccc1S(=O)(=O)NC(C)(C)C.Cl. The first-order valence-corrected chi connectivity index (χ1v) is 14.2. The number of nitrogens with one attached hydrogen (secondary N) is 2. The monoisotopic (exact) mass is 575 g/mol. The van der Waals surface area contributed by atoms with Crippen LogP contribution in [0.1, 0.15) is 26.3 Å². The van der Waals surface area contributed by atoms with Gasteiger partial charge in [-0.15, -0.1) is 12.4 Å². The number of hydrogen-bond donors (Lipinski definition) is 3. The van der Waals surface area contributed by atoms with E-state index in [4.69, 9.17) is 0 Å². The molecule has 0 saturated carbocycles. The molecule has 1 aliphatic heterocycles. The Morgan fingerprint density at radius 1 is 1.05 bits per heavy atom. The van der Waals surface area contributed by atoms with Crippen LogP contribution in [0.2, 0.25) is 0 Å². The molecule has 3 N–H and O–H groups in total. The minimum absolute atomic E-state index is 0. The van der Waals surface area contributed by atoms with Gasteiger partial charge in [0.15, 0.2) is 5.82 Å². The number of aliphatic hydroxyl groups excluding tert-OH is 1. The van der Waals surface area contributed by atoms with Crippen molar-refractivity contribution in [2.75, 3.05) is 54.7 Å². The molecule has 1 aliphatic rings. The number of hydrazine groups is 1. The molecule has 1 fully saturated rings. The zero-order valence-electron chi connectivity index (χ0n) is 22.8. The van der Waals surface area contributed by atoms with Crippen LogP contribution >= 0.6 is 12.4 Å². The first kappa shape index (κ1) is 30.6. The highest BCUT2D eigenvalue weighted by molar-refractivity contribution is 7.89. The number of hydrogen-bond acceptors (Lipinski definition) is 9. The number of aliphatic hydroxyl groups is 1. The van der Waals surface area contributed by atoms with Gasteiger partial charge < -0.3 is 10.0 Å². The van der Waals surface area contributed by atoms with Crippen molar-refractivity contribution in [1.29, 1.82) is 0 Å². The second-order valence-corrected chi connectivity index (χ2v) is 12.1. The van der Waals surface area contributed by atoms with Gasteiger partial charge in [-0.25, -0.2) is 28.1 Å². The predicted molar refractivity (Wildman–Crippen MR) is 158 cm³/mol. The Bertz CT molecular complexity index is 1340. The molecule has 0 aliphatic carbocycles. The van der Waals surface area contributed by atoms with E-state index in [0.717, 1.165) is 43.1 Å². The summed E-state index contributed by atoms with van der Waals surface area (Å²) in [6.07, 6.45) is 3.15. The molecule has 10 nitrogen and oxygen atoms in total. The zero-order chi connectivity index (χ0) is 27.3. The number of aromatic nitrogens is 2. The standard InChI is InChI=1S/C27H37N7O3S.ClH/c1-21-19-28-20-29-26(21)34(24-10-5-6-11-25(24)38(36,37)31-27(2,3)4)30-22-8-7-9-23(18-22)33-14-12-32(13-15-33)16-17-35;/h5-11,18-20,30-31,35H,12-17H2,1-4H3;1H. The van der Waals surface area contributed by atoms with Crippen LogP contribution in [0.4, 0.5) is 22.9 Å². The summed E-state index contributed by atoms with van der Waals surface area (Å²) in [5.41, 5.74) is 5.84. The van der Waals surface area contributed by atoms with E-state index >= 15 is 0 Å². The maximum absolute atomic E-state index is 13.5. The van der Waals surface area contributed by atoms with Gasteiger partial charge in [0.1, 0.15) is 11.2 Å². The van der Waals surface area contributed by atoms with E-state index in [1.54, 1.807) is 35.5 Å². The number of benzene rings is 2. The van der Waals surface area contributed by atoms with E-state index in [9.17, 15) is 13.5 Å². The van der Waals surface area contributed by atoms with Crippen LogP contribution in [-0.4, -0.2) is 73.3 Å². The summed E-state index contributed by atoms with van der Waals surface area (Å²) in [6, 6.07) is 14.9. The first-order valence-electron chi connectivity index (χ1n) is 12.7. The van der Waals surface area contributed by atoms with E-state index in [1.807, 2.05) is 39.8 Å². The first-order chi connectivity index (χ1) is 18.1. The molecule has 1 aromatic heterocycles. The van der Waals surface area contributed by atoms with E-state index in [0.29, 0.717) is 18.1 Å². The molecule has 0 spiro atoms. The Labute approximate surface area is 237 Å². The van der Waals surface area contributed by atoms with E-state index < -0.39 is 15.6 Å². The molecule has 0 atom stereocenters. The lowest BCUT2D eigenvalue weighted by Gasteiger charge is -2.36. The van der Waals surface area contributed by atoms with Gasteiger partial charge in [0, 0.05) is 55.7 Å². The number of β-amino-alcohol motifs (C(OH)–C–C–N with tert-alkyl or cyclic N) is 1. The quantitative estimate of drug-likeness (QED) is 0.329. The Kier molecular flexibility index (Phi) is 10.1. The van der Waals surface area contributed by atoms with Crippen molar-refractivity contribution < 1.29 is 13.5 Å². The summed E-state index contributed by atoms with van der Waals surface area (Å²) in [7, 11) is -3.85. The summed E-state index contributed by atoms with van der Waals surface area (Å²) in [6.45, 7) is 11.7. The van der Waals surface area contributed by atoms with Crippen molar-refractivity contribution >= 4 is 45.3 Å². The van der Waals surface area contributed by atoms with Crippen molar-refractivity contribution in [3.05, 3.63) is 66.6 Å². The third-order valence-electron chi connectivity index (χ3n) is 6.16. The van der Waals surface area contributed by atoms with Crippen molar-refractivity contribution in [2.45, 2.75) is 38.1 Å². The van der Waals surface area contributed by atoms with Gasteiger partial charge in [-0.3, -0.25) is 10.3 Å². The normalized spacial score (nSPS) is 14.5. The number of halogens is 1. The summed E-state index contributed by atoms with van der Waals surface area (Å²) in [5.74, 6) is 0.543. The fourth-order valence-corrected chi connectivity index (χ4v) is 6.06. The minimum Gasteiger partial charge on any atom is -0.395 e. The van der Waals surface area contributed by atoms with Crippen molar-refractivity contribution in [3.63, 3.8) is 0 Å². The number of para-hydroxylation sites is 1. The lowest BCUT2D eigenvalue weighted by atomic mass is 10.1. The average molecular weight is 576 g/mol. The molecule has 212 valence electrons. The van der Waals surface area contributed by atoms with E-state index in [-0.39, 0.29) is 23.9 Å². The number of nitrogens with zero attached hydrogens (tertiary/aromatic N) is 5. The van der Waals surface area contributed by atoms with Crippen LogP contribution in [-0.2, 0) is 10.0 Å². The maximum atomic E-state index is 13.5. The molecule has 39 heavy (non-hydrogen) atoms. The molecule has 3 aromatic rings. The molecular formula is C27H38ClN7O3S. The third kappa shape index (κ3) is 7.80. The van der Waals surface area contributed by atoms with Crippen LogP contribution in [0.3, 0.4) is 0 Å². The van der Waals surface area contributed by atoms with Crippen LogP contribution in [0.5, 0.6) is 0 Å². The van der Waals surface area contributed by atoms with Gasteiger partial charge in [0.05, 0.1) is 18.0 Å². The van der Waals surface area contributed by atoms with Crippen LogP contribution in [0.15, 0.2) is 66.0 Å². The van der Waals surface area contributed by atoms with Crippen LogP contribution in [0.25, 0.3) is 0 Å². The van der Waals surface area contributed by atoms with Gasteiger partial charge in [-0.2, -0.15) is 0 Å². The molecule has 2 aromatic carbocycles. The summed E-state index contributed by atoms with van der Waals surface area (Å²) in [5, 5.41) is 10.9. The average Bonchev–Trinajstić information content (AvgIpc) is 2.87. The number of anilines is 4. The molecule has 0 unspecified atom stereocenters. The van der Waals surface area contributed by atoms with Crippen LogP contribution < -0.4 is 20.1 Å². The molecule has 1 saturated heterocycles. The molecule has 0 radical (unpaired) electrons. The summed E-state index contributed by atoms with van der Waals surface area (Å²) in [4.78, 5) is 13.3. The van der Waals surface area contributed by atoms with E-state index in [2.05, 4.69) is 42.0 Å². The maximum Gasteiger partial charge on any atom is 0.243 e. The Hall–Kier alpha value is -2.96. The molecular weight excluding hydrogens is 538 g/mol. The molecule has 0 amide bonds. The van der Waals surface area contributed by atoms with Gasteiger partial charge in [0.2, 0.25) is 10.0 Å². The summed E-state index contributed by atoms with van der Waals surface area (Å²) < 4.78 is 29.7. The van der Waals surface area contributed by atoms with E-state index in [1.165, 1.54) is 6.33 Å². The van der Waals surface area contributed by atoms with Gasteiger partial charge in [-0.1, -0.05) is 18.2 Å². The highest BCUT2D eigenvalue weighted by Gasteiger charge is 2.28. The van der Waals surface area contributed by atoms with Gasteiger partial charge >= 0.3 is 0 Å². The highest BCUT2D eigenvalue weighted by atomic mass is 35.5. The fourth-order valence-electron chi connectivity index (χ4n) is 4.45. The lowest BCUT2D eigenvalue weighted by Crippen LogP contribution is -2.47. The largest absolute Gasteiger partial charge is 0.395 e. The molecule has 2 heterocycles. The van der Waals surface area contributed by atoms with Gasteiger partial charge in [0.25, 0.3) is 0 Å². The third-order valence-corrected chi connectivity index (χ3v) is 7.96. The summed E-state index contributed by atoms with van der Waals surface area (Å²) >= 11 is 0. The number of piperazine rings is 1. The van der Waals surface area contributed by atoms with Crippen molar-refractivity contribution in [1.82, 2.24) is 19.6 Å². The van der Waals surface area contributed by atoms with Crippen LogP contribution in [0, 0.1) is 6.92 Å². The topological polar surface area (TPSA) is 114 Å². The number of aryl methyl sites for hydroxylation is 1. The highest BCUT2D eigenvalue weighted by Crippen LogP contribution is 2.33. The Morgan fingerprint density at radius 3 is 2.44 bits per heavy atom. The lowest BCUT2D eigenvalue weighted by molar-refractivity contribution is 0.189. The van der Waals surface area contributed by atoms with Crippen molar-refractivity contribution in [3.8, 4) is 0 Å². The predicted octanol–water partition coefficient (Wildman–Crippen LogP) is 3.56. The second-order valence-electron chi connectivity index (χ2n) is 10.4. The Balaban J connectivity index is 0.00000420. The fraction of sp³-hybridized carbons (Fsp3) is 0.407. The Morgan fingerprint density at radius 2 is 1.77 bits per heavy atom. The number of rotatable bonds is 9. The minimum atomic E-state index is -3.85. The zero-order valence-corrected chi connectivity index (χ0v) is 24.5. The molecule has 4 rings (SSSR count). The van der Waals surface area contributed by atoms with Gasteiger partial charge in [-0.05, 0) is 58.0 Å². The number of sulfonamides is 1. The smallest absolute Gasteiger partial charge is 0.243 e. The molecule has 0 bridgehead atoms. The van der Waals surface area contributed by atoms with Crippen molar-refractivity contribution in [2.24, 2.45) is 0 Å².